The lowest BCUT2D eigenvalue weighted by Crippen LogP contribution is -1.95. The van der Waals surface area contributed by atoms with Crippen molar-refractivity contribution in [1.82, 2.24) is 0 Å². The van der Waals surface area contributed by atoms with E-state index in [9.17, 15) is 0 Å². The molecule has 0 fully saturated rings. The molecule has 25 heavy (non-hydrogen) atoms. The SMILES string of the molecule is NCc1ccc(C2=CC(c3ccccc3)=C(c3ccccc3)C2)cc1. The molecule has 0 radical (unpaired) electrons. The zero-order valence-corrected chi connectivity index (χ0v) is 14.2. The monoisotopic (exact) mass is 323 g/mol. The molecular weight excluding hydrogens is 302 g/mol. The molecule has 0 bridgehead atoms. The van der Waals surface area contributed by atoms with Crippen molar-refractivity contribution in [3.63, 3.8) is 0 Å². The molecule has 1 aliphatic rings. The van der Waals surface area contributed by atoms with Crippen molar-refractivity contribution in [1.29, 1.82) is 0 Å². The summed E-state index contributed by atoms with van der Waals surface area (Å²) in [6.45, 7) is 0.585. The third-order valence-electron chi connectivity index (χ3n) is 4.78. The van der Waals surface area contributed by atoms with Crippen molar-refractivity contribution in [2.24, 2.45) is 5.73 Å². The van der Waals surface area contributed by atoms with E-state index in [-0.39, 0.29) is 0 Å². The zero-order valence-electron chi connectivity index (χ0n) is 14.2. The van der Waals surface area contributed by atoms with Gasteiger partial charge in [0.1, 0.15) is 0 Å². The van der Waals surface area contributed by atoms with Crippen molar-refractivity contribution >= 4 is 16.7 Å². The van der Waals surface area contributed by atoms with E-state index >= 15 is 0 Å². The van der Waals surface area contributed by atoms with Gasteiger partial charge in [0.05, 0.1) is 0 Å². The first kappa shape index (κ1) is 15.6. The first-order valence-electron chi connectivity index (χ1n) is 8.69. The summed E-state index contributed by atoms with van der Waals surface area (Å²) in [5.41, 5.74) is 14.8. The number of rotatable bonds is 4. The van der Waals surface area contributed by atoms with Crippen LogP contribution in [0, 0.1) is 0 Å². The molecule has 4 rings (SSSR count). The van der Waals surface area contributed by atoms with Crippen LogP contribution in [-0.2, 0) is 6.54 Å². The fourth-order valence-electron chi connectivity index (χ4n) is 3.41. The van der Waals surface area contributed by atoms with Gasteiger partial charge in [-0.2, -0.15) is 0 Å². The molecule has 2 N–H and O–H groups in total. The first-order valence-corrected chi connectivity index (χ1v) is 8.69. The van der Waals surface area contributed by atoms with Crippen LogP contribution in [0.15, 0.2) is 91.0 Å². The van der Waals surface area contributed by atoms with Gasteiger partial charge in [0.2, 0.25) is 0 Å². The summed E-state index contributed by atoms with van der Waals surface area (Å²) in [6.07, 6.45) is 3.30. The van der Waals surface area contributed by atoms with E-state index in [2.05, 4.69) is 91.0 Å². The van der Waals surface area contributed by atoms with Gasteiger partial charge in [0, 0.05) is 6.54 Å². The topological polar surface area (TPSA) is 26.0 Å². The van der Waals surface area contributed by atoms with E-state index in [4.69, 9.17) is 5.73 Å². The second-order valence-corrected chi connectivity index (χ2v) is 6.37. The highest BCUT2D eigenvalue weighted by Gasteiger charge is 2.19. The van der Waals surface area contributed by atoms with Gasteiger partial charge in [-0.3, -0.25) is 0 Å². The molecule has 122 valence electrons. The normalized spacial score (nSPS) is 13.9. The van der Waals surface area contributed by atoms with Gasteiger partial charge in [-0.05, 0) is 51.5 Å². The van der Waals surface area contributed by atoms with Crippen molar-refractivity contribution < 1.29 is 0 Å². The molecular formula is C24H21N. The quantitative estimate of drug-likeness (QED) is 0.670. The van der Waals surface area contributed by atoms with Crippen LogP contribution < -0.4 is 5.73 Å². The Morgan fingerprint density at radius 2 is 1.24 bits per heavy atom. The van der Waals surface area contributed by atoms with Crippen LogP contribution in [0.25, 0.3) is 16.7 Å². The van der Waals surface area contributed by atoms with Crippen LogP contribution in [-0.4, -0.2) is 0 Å². The summed E-state index contributed by atoms with van der Waals surface area (Å²) in [7, 11) is 0. The maximum Gasteiger partial charge on any atom is 0.0178 e. The van der Waals surface area contributed by atoms with Gasteiger partial charge in [-0.1, -0.05) is 84.9 Å². The third kappa shape index (κ3) is 3.19. The Morgan fingerprint density at radius 3 is 1.84 bits per heavy atom. The van der Waals surface area contributed by atoms with Crippen LogP contribution in [0.3, 0.4) is 0 Å². The Hall–Kier alpha value is -2.90. The average molecular weight is 323 g/mol. The van der Waals surface area contributed by atoms with Gasteiger partial charge in [-0.25, -0.2) is 0 Å². The fourth-order valence-corrected chi connectivity index (χ4v) is 3.41. The van der Waals surface area contributed by atoms with Crippen molar-refractivity contribution in [2.45, 2.75) is 13.0 Å². The highest BCUT2D eigenvalue weighted by atomic mass is 14.5. The van der Waals surface area contributed by atoms with E-state index in [0.29, 0.717) is 6.54 Å². The molecule has 0 heterocycles. The van der Waals surface area contributed by atoms with Crippen molar-refractivity contribution in [2.75, 3.05) is 0 Å². The summed E-state index contributed by atoms with van der Waals surface area (Å²) < 4.78 is 0. The first-order chi connectivity index (χ1) is 12.3. The summed E-state index contributed by atoms with van der Waals surface area (Å²) >= 11 is 0. The summed E-state index contributed by atoms with van der Waals surface area (Å²) in [5.74, 6) is 0. The van der Waals surface area contributed by atoms with E-state index < -0.39 is 0 Å². The lowest BCUT2D eigenvalue weighted by molar-refractivity contribution is 1.07. The number of hydrogen-bond acceptors (Lipinski definition) is 1. The number of benzene rings is 3. The van der Waals surface area contributed by atoms with E-state index in [1.54, 1.807) is 0 Å². The smallest absolute Gasteiger partial charge is 0.0178 e. The number of nitrogens with two attached hydrogens (primary N) is 1. The molecule has 1 heteroatoms. The minimum atomic E-state index is 0.585. The zero-order chi connectivity index (χ0) is 17.1. The largest absolute Gasteiger partial charge is 0.326 e. The predicted molar refractivity (Wildman–Crippen MR) is 107 cm³/mol. The average Bonchev–Trinajstić information content (AvgIpc) is 3.15. The van der Waals surface area contributed by atoms with Crippen LogP contribution in [0.2, 0.25) is 0 Å². The van der Waals surface area contributed by atoms with E-state index in [1.165, 1.54) is 39.0 Å². The molecule has 0 amide bonds. The molecule has 0 saturated heterocycles. The highest BCUT2D eigenvalue weighted by molar-refractivity contribution is 6.06. The minimum absolute atomic E-state index is 0.585. The van der Waals surface area contributed by atoms with E-state index in [1.807, 2.05) is 0 Å². The van der Waals surface area contributed by atoms with Gasteiger partial charge in [0.15, 0.2) is 0 Å². The molecule has 0 saturated carbocycles. The van der Waals surface area contributed by atoms with Gasteiger partial charge in [0.25, 0.3) is 0 Å². The molecule has 3 aromatic carbocycles. The minimum Gasteiger partial charge on any atom is -0.326 e. The van der Waals surface area contributed by atoms with Crippen molar-refractivity contribution in [3.8, 4) is 0 Å². The Labute approximate surface area is 149 Å². The molecule has 3 aromatic rings. The van der Waals surface area contributed by atoms with Crippen LogP contribution >= 0.6 is 0 Å². The second-order valence-electron chi connectivity index (χ2n) is 6.37. The standard InChI is InChI=1S/C24H21N/c25-17-18-11-13-19(14-12-18)22-15-23(20-7-3-1-4-8-20)24(16-22)21-9-5-2-6-10-21/h1-15H,16-17,25H2. The molecule has 0 aliphatic heterocycles. The lowest BCUT2D eigenvalue weighted by Gasteiger charge is -2.09. The second kappa shape index (κ2) is 6.92. The predicted octanol–water partition coefficient (Wildman–Crippen LogP) is 5.54. The third-order valence-corrected chi connectivity index (χ3v) is 4.78. The van der Waals surface area contributed by atoms with E-state index in [0.717, 1.165) is 6.42 Å². The maximum atomic E-state index is 5.73. The Bertz CT molecular complexity index is 917. The summed E-state index contributed by atoms with van der Waals surface area (Å²) in [6, 6.07) is 30.0. The maximum absolute atomic E-state index is 5.73. The van der Waals surface area contributed by atoms with Crippen LogP contribution in [0.1, 0.15) is 28.7 Å². The lowest BCUT2D eigenvalue weighted by atomic mass is 9.95. The van der Waals surface area contributed by atoms with Crippen LogP contribution in [0.5, 0.6) is 0 Å². The molecule has 0 aromatic heterocycles. The molecule has 0 spiro atoms. The summed E-state index contributed by atoms with van der Waals surface area (Å²) in [5, 5.41) is 0. The van der Waals surface area contributed by atoms with Crippen LogP contribution in [0.4, 0.5) is 0 Å². The van der Waals surface area contributed by atoms with Gasteiger partial charge in [-0.15, -0.1) is 0 Å². The Kier molecular flexibility index (Phi) is 4.32. The molecule has 1 nitrogen and oxygen atoms in total. The fraction of sp³-hybridized carbons (Fsp3) is 0.0833. The Balaban J connectivity index is 1.77. The number of hydrogen-bond donors (Lipinski definition) is 1. The number of allylic oxidation sites excluding steroid dienone is 4. The van der Waals surface area contributed by atoms with Crippen molar-refractivity contribution in [3.05, 3.63) is 113 Å². The van der Waals surface area contributed by atoms with Gasteiger partial charge >= 0.3 is 0 Å². The summed E-state index contributed by atoms with van der Waals surface area (Å²) in [4.78, 5) is 0. The molecule has 0 atom stereocenters. The molecule has 1 aliphatic carbocycles. The van der Waals surface area contributed by atoms with Gasteiger partial charge < -0.3 is 5.73 Å². The highest BCUT2D eigenvalue weighted by Crippen LogP contribution is 2.42. The molecule has 0 unspecified atom stereocenters. The Morgan fingerprint density at radius 1 is 0.640 bits per heavy atom.